The van der Waals surface area contributed by atoms with E-state index in [4.69, 9.17) is 14.4 Å². The molecule has 0 saturated carbocycles. The summed E-state index contributed by atoms with van der Waals surface area (Å²) in [5.74, 6) is -0.800. The maximum absolute atomic E-state index is 10.5. The Morgan fingerprint density at radius 2 is 2.36 bits per heavy atom. The van der Waals surface area contributed by atoms with Gasteiger partial charge in [0, 0.05) is 0 Å². The highest BCUT2D eigenvalue weighted by molar-refractivity contribution is 5.82. The van der Waals surface area contributed by atoms with Crippen molar-refractivity contribution in [1.29, 1.82) is 0 Å². The maximum Gasteiger partial charge on any atom is 0.377 e. The topological polar surface area (TPSA) is 85.5 Å². The van der Waals surface area contributed by atoms with Crippen LogP contribution in [0.1, 0.15) is 29.4 Å². The van der Waals surface area contributed by atoms with Gasteiger partial charge in [-0.25, -0.2) is 4.79 Å². The van der Waals surface area contributed by atoms with E-state index in [9.17, 15) is 4.79 Å². The fourth-order valence-corrected chi connectivity index (χ4v) is 1.45. The van der Waals surface area contributed by atoms with Crippen LogP contribution < -0.4 is 0 Å². The van der Waals surface area contributed by atoms with Crippen molar-refractivity contribution in [3.8, 4) is 0 Å². The maximum atomic E-state index is 10.5. The van der Waals surface area contributed by atoms with Crippen LogP contribution >= 0.6 is 0 Å². The van der Waals surface area contributed by atoms with Gasteiger partial charge in [0.05, 0.1) is 19.1 Å². The summed E-state index contributed by atoms with van der Waals surface area (Å²) in [5, 5.41) is 11.9. The normalized spacial score (nSPS) is 26.6. The SMILES string of the molecule is CC1COCC1c1nc(C(=O)O)no1. The summed E-state index contributed by atoms with van der Waals surface area (Å²) in [7, 11) is 0. The van der Waals surface area contributed by atoms with Gasteiger partial charge in [0.25, 0.3) is 5.82 Å². The van der Waals surface area contributed by atoms with Crippen LogP contribution in [-0.2, 0) is 4.74 Å². The van der Waals surface area contributed by atoms with E-state index in [1.165, 1.54) is 0 Å². The number of carboxylic acids is 1. The zero-order chi connectivity index (χ0) is 10.1. The molecule has 1 aliphatic heterocycles. The molecule has 0 aromatic carbocycles. The second kappa shape index (κ2) is 3.38. The first kappa shape index (κ1) is 9.14. The van der Waals surface area contributed by atoms with Gasteiger partial charge >= 0.3 is 5.97 Å². The average molecular weight is 198 g/mol. The number of nitrogens with zero attached hydrogens (tertiary/aromatic N) is 2. The van der Waals surface area contributed by atoms with Gasteiger partial charge in [-0.05, 0) is 11.1 Å². The molecule has 0 aliphatic carbocycles. The molecule has 1 aromatic heterocycles. The van der Waals surface area contributed by atoms with Crippen molar-refractivity contribution in [3.05, 3.63) is 11.7 Å². The molecule has 1 aromatic rings. The molecule has 0 spiro atoms. The molecule has 0 bridgehead atoms. The van der Waals surface area contributed by atoms with E-state index >= 15 is 0 Å². The van der Waals surface area contributed by atoms with Crippen molar-refractivity contribution >= 4 is 5.97 Å². The second-order valence-corrected chi connectivity index (χ2v) is 3.38. The summed E-state index contributed by atoms with van der Waals surface area (Å²) in [5.41, 5.74) is 0. The van der Waals surface area contributed by atoms with E-state index < -0.39 is 5.97 Å². The van der Waals surface area contributed by atoms with Gasteiger partial charge in [0.1, 0.15) is 0 Å². The predicted octanol–water partition coefficient (Wildman–Crippen LogP) is 0.518. The number of ether oxygens (including phenoxy) is 1. The van der Waals surface area contributed by atoms with Crippen molar-refractivity contribution in [3.63, 3.8) is 0 Å². The van der Waals surface area contributed by atoms with Crippen LogP contribution in [0.4, 0.5) is 0 Å². The largest absolute Gasteiger partial charge is 0.475 e. The number of hydrogen-bond acceptors (Lipinski definition) is 5. The Kier molecular flexibility index (Phi) is 2.20. The van der Waals surface area contributed by atoms with Crippen LogP contribution in [0.15, 0.2) is 4.52 Å². The van der Waals surface area contributed by atoms with Gasteiger partial charge in [-0.2, -0.15) is 4.98 Å². The van der Waals surface area contributed by atoms with Crippen LogP contribution in [0.5, 0.6) is 0 Å². The third-order valence-electron chi connectivity index (χ3n) is 2.32. The van der Waals surface area contributed by atoms with Gasteiger partial charge in [0.15, 0.2) is 0 Å². The Hall–Kier alpha value is -1.43. The van der Waals surface area contributed by atoms with E-state index in [-0.39, 0.29) is 17.7 Å². The molecule has 0 amide bonds. The molecule has 76 valence electrons. The third-order valence-corrected chi connectivity index (χ3v) is 2.32. The zero-order valence-electron chi connectivity index (χ0n) is 7.64. The number of carboxylic acid groups (broad SMARTS) is 1. The minimum Gasteiger partial charge on any atom is -0.475 e. The predicted molar refractivity (Wildman–Crippen MR) is 44.0 cm³/mol. The quantitative estimate of drug-likeness (QED) is 0.745. The van der Waals surface area contributed by atoms with E-state index in [0.717, 1.165) is 0 Å². The molecule has 6 heteroatoms. The van der Waals surface area contributed by atoms with Crippen molar-refractivity contribution in [2.75, 3.05) is 13.2 Å². The summed E-state index contributed by atoms with van der Waals surface area (Å²) in [6.07, 6.45) is 0. The molecule has 1 N–H and O–H groups in total. The molecule has 2 heterocycles. The molecule has 1 fully saturated rings. The Morgan fingerprint density at radius 1 is 1.57 bits per heavy atom. The lowest BCUT2D eigenvalue weighted by atomic mass is 9.98. The van der Waals surface area contributed by atoms with E-state index in [2.05, 4.69) is 10.1 Å². The summed E-state index contributed by atoms with van der Waals surface area (Å²) in [4.78, 5) is 14.3. The number of aromatic carboxylic acids is 1. The lowest BCUT2D eigenvalue weighted by Crippen LogP contribution is -2.07. The van der Waals surface area contributed by atoms with E-state index in [0.29, 0.717) is 19.1 Å². The summed E-state index contributed by atoms with van der Waals surface area (Å²) in [6.45, 7) is 3.17. The number of carbonyl (C=O) groups is 1. The Bertz CT molecular complexity index is 349. The van der Waals surface area contributed by atoms with Crippen molar-refractivity contribution in [2.24, 2.45) is 5.92 Å². The van der Waals surface area contributed by atoms with Crippen LogP contribution in [-0.4, -0.2) is 34.4 Å². The molecule has 6 nitrogen and oxygen atoms in total. The summed E-state index contributed by atoms with van der Waals surface area (Å²) in [6, 6.07) is 0. The minimum absolute atomic E-state index is 0.0237. The zero-order valence-corrected chi connectivity index (χ0v) is 7.64. The lowest BCUT2D eigenvalue weighted by Gasteiger charge is -2.05. The first-order valence-corrected chi connectivity index (χ1v) is 4.33. The second-order valence-electron chi connectivity index (χ2n) is 3.38. The average Bonchev–Trinajstić information content (AvgIpc) is 2.71. The highest BCUT2D eigenvalue weighted by atomic mass is 16.5. The molecule has 0 radical (unpaired) electrons. The van der Waals surface area contributed by atoms with Crippen LogP contribution in [0.25, 0.3) is 0 Å². The third kappa shape index (κ3) is 1.48. The smallest absolute Gasteiger partial charge is 0.377 e. The van der Waals surface area contributed by atoms with Gasteiger partial charge in [-0.15, -0.1) is 0 Å². The molecule has 2 rings (SSSR count). The first-order chi connectivity index (χ1) is 6.68. The Morgan fingerprint density at radius 3 is 2.86 bits per heavy atom. The van der Waals surface area contributed by atoms with E-state index in [1.54, 1.807) is 0 Å². The number of aromatic nitrogens is 2. The van der Waals surface area contributed by atoms with Crippen molar-refractivity contribution < 1.29 is 19.2 Å². The summed E-state index contributed by atoms with van der Waals surface area (Å²) >= 11 is 0. The molecular weight excluding hydrogens is 188 g/mol. The van der Waals surface area contributed by atoms with Crippen molar-refractivity contribution in [2.45, 2.75) is 12.8 Å². The van der Waals surface area contributed by atoms with Crippen LogP contribution in [0.2, 0.25) is 0 Å². The van der Waals surface area contributed by atoms with Crippen molar-refractivity contribution in [1.82, 2.24) is 10.1 Å². The fourth-order valence-electron chi connectivity index (χ4n) is 1.45. The molecular formula is C8H10N2O4. The van der Waals surface area contributed by atoms with Gasteiger partial charge < -0.3 is 14.4 Å². The first-order valence-electron chi connectivity index (χ1n) is 4.33. The van der Waals surface area contributed by atoms with E-state index in [1.807, 2.05) is 6.92 Å². The standard InChI is InChI=1S/C8H10N2O4/c1-4-2-13-3-5(4)7-9-6(8(11)12)10-14-7/h4-5H,2-3H2,1H3,(H,11,12). The van der Waals surface area contributed by atoms with Crippen LogP contribution in [0.3, 0.4) is 0 Å². The highest BCUT2D eigenvalue weighted by Gasteiger charge is 2.31. The number of hydrogen-bond donors (Lipinski definition) is 1. The fraction of sp³-hybridized carbons (Fsp3) is 0.625. The number of rotatable bonds is 2. The summed E-state index contributed by atoms with van der Waals surface area (Å²) < 4.78 is 10.1. The highest BCUT2D eigenvalue weighted by Crippen LogP contribution is 2.28. The van der Waals surface area contributed by atoms with Gasteiger partial charge in [0.2, 0.25) is 5.89 Å². The Labute approximate surface area is 79.9 Å². The minimum atomic E-state index is -1.17. The molecule has 1 aliphatic rings. The molecule has 2 unspecified atom stereocenters. The Balaban J connectivity index is 2.20. The van der Waals surface area contributed by atoms with Crippen LogP contribution in [0, 0.1) is 5.92 Å². The lowest BCUT2D eigenvalue weighted by molar-refractivity contribution is 0.0680. The molecule has 2 atom stereocenters. The van der Waals surface area contributed by atoms with Gasteiger partial charge in [-0.3, -0.25) is 0 Å². The molecule has 14 heavy (non-hydrogen) atoms. The molecule has 1 saturated heterocycles. The van der Waals surface area contributed by atoms with Gasteiger partial charge in [-0.1, -0.05) is 6.92 Å². The monoisotopic (exact) mass is 198 g/mol.